The van der Waals surface area contributed by atoms with Gasteiger partial charge in [-0.2, -0.15) is 4.31 Å². The van der Waals surface area contributed by atoms with Crippen LogP contribution >= 0.6 is 0 Å². The fourth-order valence-electron chi connectivity index (χ4n) is 1.85. The predicted molar refractivity (Wildman–Crippen MR) is 59.3 cm³/mol. The third-order valence-corrected chi connectivity index (χ3v) is 4.77. The molecule has 100 valence electrons. The Labute approximate surface area is 104 Å². The maximum absolute atomic E-state index is 12.2. The van der Waals surface area contributed by atoms with E-state index in [4.69, 9.17) is 9.84 Å². The van der Waals surface area contributed by atoms with Crippen molar-refractivity contribution in [2.24, 2.45) is 5.92 Å². The first-order valence-electron chi connectivity index (χ1n) is 5.21. The van der Waals surface area contributed by atoms with E-state index in [0.717, 1.165) is 4.31 Å². The number of carboxylic acids is 1. The molecule has 2 rings (SSSR count). The zero-order valence-electron chi connectivity index (χ0n) is 9.61. The fraction of sp³-hybridized carbons (Fsp3) is 0.556. The average molecular weight is 275 g/mol. The number of aromatic amines is 1. The molecular weight excluding hydrogens is 262 g/mol. The van der Waals surface area contributed by atoms with Gasteiger partial charge in [0.15, 0.2) is 5.03 Å². The summed E-state index contributed by atoms with van der Waals surface area (Å²) in [5.41, 5.74) is 0. The standard InChI is InChI=1S/C9H13N3O5S/c1-12(7-4-17-3-6(7)9(13)14)18(15,16)8-2-10-5-11-8/h2,5-7H,3-4H2,1H3,(H,10,11)(H,13,14). The van der Waals surface area contributed by atoms with Crippen LogP contribution in [0.25, 0.3) is 0 Å². The molecule has 0 bridgehead atoms. The van der Waals surface area contributed by atoms with Crippen LogP contribution in [0.2, 0.25) is 0 Å². The van der Waals surface area contributed by atoms with Gasteiger partial charge in [0, 0.05) is 7.05 Å². The Bertz CT molecular complexity index is 526. The van der Waals surface area contributed by atoms with Crippen LogP contribution in [-0.2, 0) is 19.6 Å². The van der Waals surface area contributed by atoms with Crippen LogP contribution in [-0.4, -0.2) is 60.1 Å². The van der Waals surface area contributed by atoms with Gasteiger partial charge in [-0.1, -0.05) is 0 Å². The molecule has 1 fully saturated rings. The van der Waals surface area contributed by atoms with E-state index >= 15 is 0 Å². The highest BCUT2D eigenvalue weighted by molar-refractivity contribution is 7.89. The first-order chi connectivity index (χ1) is 8.44. The van der Waals surface area contributed by atoms with Crippen molar-refractivity contribution in [1.82, 2.24) is 14.3 Å². The van der Waals surface area contributed by atoms with Crippen molar-refractivity contribution in [2.45, 2.75) is 11.1 Å². The summed E-state index contributed by atoms with van der Waals surface area (Å²) >= 11 is 0. The lowest BCUT2D eigenvalue weighted by molar-refractivity contribution is -0.142. The van der Waals surface area contributed by atoms with Gasteiger partial charge in [-0.25, -0.2) is 13.4 Å². The highest BCUT2D eigenvalue weighted by atomic mass is 32.2. The summed E-state index contributed by atoms with van der Waals surface area (Å²) < 4.78 is 30.4. The fourth-order valence-corrected chi connectivity index (χ4v) is 3.13. The number of carbonyl (C=O) groups is 1. The van der Waals surface area contributed by atoms with E-state index in [1.165, 1.54) is 19.6 Å². The van der Waals surface area contributed by atoms with Crippen LogP contribution in [0.3, 0.4) is 0 Å². The largest absolute Gasteiger partial charge is 0.481 e. The van der Waals surface area contributed by atoms with Crippen LogP contribution in [0.1, 0.15) is 0 Å². The van der Waals surface area contributed by atoms with Gasteiger partial charge in [0.05, 0.1) is 37.7 Å². The Morgan fingerprint density at radius 2 is 2.33 bits per heavy atom. The van der Waals surface area contributed by atoms with E-state index in [2.05, 4.69) is 9.97 Å². The molecular formula is C9H13N3O5S. The van der Waals surface area contributed by atoms with Crippen LogP contribution in [0.5, 0.6) is 0 Å². The second-order valence-corrected chi connectivity index (χ2v) is 5.95. The van der Waals surface area contributed by atoms with Gasteiger partial charge in [0.1, 0.15) is 0 Å². The molecule has 2 unspecified atom stereocenters. The highest BCUT2D eigenvalue weighted by Crippen LogP contribution is 2.23. The number of nitrogens with one attached hydrogen (secondary N) is 1. The monoisotopic (exact) mass is 275 g/mol. The number of carboxylic acid groups (broad SMARTS) is 1. The van der Waals surface area contributed by atoms with Gasteiger partial charge >= 0.3 is 5.97 Å². The molecule has 18 heavy (non-hydrogen) atoms. The minimum atomic E-state index is -3.77. The number of ether oxygens (including phenoxy) is 1. The Hall–Kier alpha value is -1.45. The Balaban J connectivity index is 2.26. The van der Waals surface area contributed by atoms with Gasteiger partial charge in [0.25, 0.3) is 10.0 Å². The predicted octanol–water partition coefficient (Wildman–Crippen LogP) is -0.870. The van der Waals surface area contributed by atoms with E-state index in [9.17, 15) is 13.2 Å². The van der Waals surface area contributed by atoms with Crippen molar-refractivity contribution in [1.29, 1.82) is 0 Å². The number of aliphatic carboxylic acids is 1. The molecule has 1 aromatic rings. The lowest BCUT2D eigenvalue weighted by Crippen LogP contribution is -2.44. The quantitative estimate of drug-likeness (QED) is 0.738. The third-order valence-electron chi connectivity index (χ3n) is 2.96. The SMILES string of the molecule is CN(C1COCC1C(=O)O)S(=O)(=O)c1cnc[nH]1. The van der Waals surface area contributed by atoms with Crippen LogP contribution in [0.15, 0.2) is 17.6 Å². The molecule has 0 radical (unpaired) electrons. The Kier molecular flexibility index (Phi) is 3.37. The third kappa shape index (κ3) is 2.11. The van der Waals surface area contributed by atoms with Gasteiger partial charge < -0.3 is 14.8 Å². The molecule has 1 saturated heterocycles. The number of H-pyrrole nitrogens is 1. The number of imidazole rings is 1. The molecule has 8 nitrogen and oxygen atoms in total. The molecule has 1 aliphatic rings. The van der Waals surface area contributed by atoms with Crippen molar-refractivity contribution in [3.8, 4) is 0 Å². The number of rotatable bonds is 4. The Morgan fingerprint density at radius 1 is 1.61 bits per heavy atom. The van der Waals surface area contributed by atoms with E-state index in [1.807, 2.05) is 0 Å². The van der Waals surface area contributed by atoms with Gasteiger partial charge in [-0.15, -0.1) is 0 Å². The second-order valence-electron chi connectivity index (χ2n) is 3.99. The summed E-state index contributed by atoms with van der Waals surface area (Å²) in [4.78, 5) is 17.1. The number of nitrogens with zero attached hydrogens (tertiary/aromatic N) is 2. The summed E-state index contributed by atoms with van der Waals surface area (Å²) in [6.07, 6.45) is 2.43. The van der Waals surface area contributed by atoms with Crippen molar-refractivity contribution in [3.63, 3.8) is 0 Å². The average Bonchev–Trinajstić information content (AvgIpc) is 2.98. The van der Waals surface area contributed by atoms with Gasteiger partial charge in [-0.3, -0.25) is 4.79 Å². The number of sulfonamides is 1. The normalized spacial score (nSPS) is 24.6. The first-order valence-corrected chi connectivity index (χ1v) is 6.65. The van der Waals surface area contributed by atoms with Crippen molar-refractivity contribution < 1.29 is 23.1 Å². The first kappa shape index (κ1) is 13.0. The number of aromatic nitrogens is 2. The summed E-state index contributed by atoms with van der Waals surface area (Å²) in [6.45, 7) is 0.0870. The molecule has 1 aliphatic heterocycles. The Morgan fingerprint density at radius 3 is 2.89 bits per heavy atom. The summed E-state index contributed by atoms with van der Waals surface area (Å²) in [5.74, 6) is -1.92. The highest BCUT2D eigenvalue weighted by Gasteiger charge is 2.41. The van der Waals surface area contributed by atoms with Gasteiger partial charge in [-0.05, 0) is 0 Å². The number of likely N-dealkylation sites (N-methyl/N-ethyl adjacent to an activating group) is 1. The van der Waals surface area contributed by atoms with E-state index in [0.29, 0.717) is 0 Å². The molecule has 0 aromatic carbocycles. The smallest absolute Gasteiger partial charge is 0.310 e. The van der Waals surface area contributed by atoms with Crippen molar-refractivity contribution >= 4 is 16.0 Å². The molecule has 0 aliphatic carbocycles. The van der Waals surface area contributed by atoms with Crippen molar-refractivity contribution in [2.75, 3.05) is 20.3 Å². The molecule has 1 aromatic heterocycles. The lowest BCUT2D eigenvalue weighted by Gasteiger charge is -2.24. The summed E-state index contributed by atoms with van der Waals surface area (Å²) in [5, 5.41) is 8.94. The minimum absolute atomic E-state index is 0.0167. The molecule has 2 atom stereocenters. The second kappa shape index (κ2) is 4.67. The molecule has 0 amide bonds. The lowest BCUT2D eigenvalue weighted by atomic mass is 10.1. The van der Waals surface area contributed by atoms with Crippen LogP contribution < -0.4 is 0 Å². The topological polar surface area (TPSA) is 113 Å². The van der Waals surface area contributed by atoms with Crippen LogP contribution in [0.4, 0.5) is 0 Å². The zero-order chi connectivity index (χ0) is 13.3. The van der Waals surface area contributed by atoms with E-state index < -0.39 is 28.0 Å². The molecule has 9 heteroatoms. The summed E-state index contributed by atoms with van der Waals surface area (Å²) in [6, 6.07) is -0.712. The maximum atomic E-state index is 12.2. The van der Waals surface area contributed by atoms with Gasteiger partial charge in [0.2, 0.25) is 0 Å². The minimum Gasteiger partial charge on any atom is -0.481 e. The van der Waals surface area contributed by atoms with E-state index in [1.54, 1.807) is 0 Å². The van der Waals surface area contributed by atoms with Crippen LogP contribution in [0, 0.1) is 5.92 Å². The molecule has 0 spiro atoms. The zero-order valence-corrected chi connectivity index (χ0v) is 10.4. The molecule has 2 heterocycles. The van der Waals surface area contributed by atoms with E-state index in [-0.39, 0.29) is 18.2 Å². The number of hydrogen-bond acceptors (Lipinski definition) is 5. The summed E-state index contributed by atoms with van der Waals surface area (Å²) in [7, 11) is -2.43. The molecule has 2 N–H and O–H groups in total. The number of hydrogen-bond donors (Lipinski definition) is 2. The molecule has 0 saturated carbocycles. The van der Waals surface area contributed by atoms with Crippen molar-refractivity contribution in [3.05, 3.63) is 12.5 Å². The maximum Gasteiger partial charge on any atom is 0.310 e.